The highest BCUT2D eigenvalue weighted by atomic mass is 16.5. The van der Waals surface area contributed by atoms with E-state index in [1.54, 1.807) is 14.0 Å². The molecule has 0 spiro atoms. The Morgan fingerprint density at radius 3 is 2.57 bits per heavy atom. The lowest BCUT2D eigenvalue weighted by atomic mass is 10.0. The zero-order valence-electron chi connectivity index (χ0n) is 9.42. The van der Waals surface area contributed by atoms with Gasteiger partial charge in [-0.1, -0.05) is 6.92 Å². The van der Waals surface area contributed by atoms with E-state index in [9.17, 15) is 0 Å². The van der Waals surface area contributed by atoms with Crippen LogP contribution in [0.15, 0.2) is 0 Å². The fourth-order valence-corrected chi connectivity index (χ4v) is 1.09. The Balaban J connectivity index is 3.78. The van der Waals surface area contributed by atoms with Gasteiger partial charge >= 0.3 is 0 Å². The first kappa shape index (κ1) is 13.4. The fourth-order valence-electron chi connectivity index (χ4n) is 1.09. The SMILES string of the molecule is CCN(CCOC)CCC(C)(N)C#N. The molecule has 14 heavy (non-hydrogen) atoms. The number of ether oxygens (including phenoxy) is 1. The van der Waals surface area contributed by atoms with Crippen molar-refractivity contribution in [3.8, 4) is 6.07 Å². The van der Waals surface area contributed by atoms with Crippen LogP contribution in [0.4, 0.5) is 0 Å². The number of hydrogen-bond donors (Lipinski definition) is 1. The van der Waals surface area contributed by atoms with Crippen LogP contribution in [0, 0.1) is 11.3 Å². The first-order valence-electron chi connectivity index (χ1n) is 4.97. The standard InChI is InChI=1S/C10H21N3O/c1-4-13(7-8-14-3)6-5-10(2,12)9-11/h4-8,12H2,1-3H3. The molecule has 0 bridgehead atoms. The molecular weight excluding hydrogens is 178 g/mol. The van der Waals surface area contributed by atoms with E-state index in [4.69, 9.17) is 15.7 Å². The highest BCUT2D eigenvalue weighted by Gasteiger charge is 2.17. The molecule has 0 saturated carbocycles. The number of hydrogen-bond acceptors (Lipinski definition) is 4. The second-order valence-corrected chi connectivity index (χ2v) is 3.71. The number of nitrogens with zero attached hydrogens (tertiary/aromatic N) is 2. The van der Waals surface area contributed by atoms with Crippen molar-refractivity contribution in [2.24, 2.45) is 5.73 Å². The molecule has 2 N–H and O–H groups in total. The molecule has 0 amide bonds. The van der Waals surface area contributed by atoms with Gasteiger partial charge in [0.2, 0.25) is 0 Å². The quantitative estimate of drug-likeness (QED) is 0.651. The fraction of sp³-hybridized carbons (Fsp3) is 0.900. The number of methoxy groups -OCH3 is 1. The molecule has 0 rings (SSSR count). The third-order valence-corrected chi connectivity index (χ3v) is 2.26. The molecule has 82 valence electrons. The van der Waals surface area contributed by atoms with Gasteiger partial charge in [0.1, 0.15) is 5.54 Å². The molecule has 0 aromatic rings. The predicted molar refractivity (Wildman–Crippen MR) is 56.8 cm³/mol. The molecule has 4 nitrogen and oxygen atoms in total. The summed E-state index contributed by atoms with van der Waals surface area (Å²) in [6.07, 6.45) is 0.695. The van der Waals surface area contributed by atoms with E-state index in [0.717, 1.165) is 26.2 Å². The lowest BCUT2D eigenvalue weighted by Gasteiger charge is -2.23. The van der Waals surface area contributed by atoms with Crippen LogP contribution in [-0.4, -0.2) is 43.8 Å². The molecule has 0 aliphatic heterocycles. The minimum Gasteiger partial charge on any atom is -0.383 e. The van der Waals surface area contributed by atoms with E-state index >= 15 is 0 Å². The first-order valence-corrected chi connectivity index (χ1v) is 4.97. The lowest BCUT2D eigenvalue weighted by molar-refractivity contribution is 0.147. The van der Waals surface area contributed by atoms with Crippen LogP contribution in [0.1, 0.15) is 20.3 Å². The van der Waals surface area contributed by atoms with Crippen molar-refractivity contribution in [3.05, 3.63) is 0 Å². The molecule has 0 saturated heterocycles. The summed E-state index contributed by atoms with van der Waals surface area (Å²) >= 11 is 0. The molecule has 4 heteroatoms. The van der Waals surface area contributed by atoms with Crippen molar-refractivity contribution in [3.63, 3.8) is 0 Å². The third-order valence-electron chi connectivity index (χ3n) is 2.26. The van der Waals surface area contributed by atoms with Crippen LogP contribution in [0.25, 0.3) is 0 Å². The van der Waals surface area contributed by atoms with E-state index in [1.165, 1.54) is 0 Å². The lowest BCUT2D eigenvalue weighted by Crippen LogP contribution is -2.39. The topological polar surface area (TPSA) is 62.3 Å². The molecule has 0 heterocycles. The van der Waals surface area contributed by atoms with Crippen molar-refractivity contribution in [2.75, 3.05) is 33.4 Å². The largest absolute Gasteiger partial charge is 0.383 e. The van der Waals surface area contributed by atoms with Crippen molar-refractivity contribution >= 4 is 0 Å². The van der Waals surface area contributed by atoms with Crippen LogP contribution < -0.4 is 5.73 Å². The monoisotopic (exact) mass is 199 g/mol. The molecule has 0 aliphatic rings. The Morgan fingerprint density at radius 1 is 1.50 bits per heavy atom. The highest BCUT2D eigenvalue weighted by Crippen LogP contribution is 2.05. The second kappa shape index (κ2) is 6.77. The van der Waals surface area contributed by atoms with Gasteiger partial charge in [-0.3, -0.25) is 0 Å². The molecular formula is C10H21N3O. The van der Waals surface area contributed by atoms with Gasteiger partial charge in [0.15, 0.2) is 0 Å². The maximum Gasteiger partial charge on any atom is 0.102 e. The van der Waals surface area contributed by atoms with Gasteiger partial charge in [-0.05, 0) is 19.9 Å². The van der Waals surface area contributed by atoms with Crippen LogP contribution >= 0.6 is 0 Å². The van der Waals surface area contributed by atoms with Gasteiger partial charge in [-0.25, -0.2) is 0 Å². The summed E-state index contributed by atoms with van der Waals surface area (Å²) in [5.74, 6) is 0. The summed E-state index contributed by atoms with van der Waals surface area (Å²) in [5.41, 5.74) is 5.02. The van der Waals surface area contributed by atoms with Crippen molar-refractivity contribution in [1.29, 1.82) is 5.26 Å². The summed E-state index contributed by atoms with van der Waals surface area (Å²) in [7, 11) is 1.69. The van der Waals surface area contributed by atoms with Crippen LogP contribution in [-0.2, 0) is 4.74 Å². The molecule has 0 radical (unpaired) electrons. The maximum atomic E-state index is 8.74. The second-order valence-electron chi connectivity index (χ2n) is 3.71. The average Bonchev–Trinajstić information content (AvgIpc) is 2.18. The van der Waals surface area contributed by atoms with E-state index in [2.05, 4.69) is 17.9 Å². The minimum atomic E-state index is -0.708. The van der Waals surface area contributed by atoms with Crippen LogP contribution in [0.3, 0.4) is 0 Å². The molecule has 1 atom stereocenters. The molecule has 0 aromatic carbocycles. The minimum absolute atomic E-state index is 0.695. The number of rotatable bonds is 7. The highest BCUT2D eigenvalue weighted by molar-refractivity contribution is 5.01. The van der Waals surface area contributed by atoms with E-state index in [1.807, 2.05) is 0 Å². The van der Waals surface area contributed by atoms with Crippen LogP contribution in [0.5, 0.6) is 0 Å². The van der Waals surface area contributed by atoms with Crippen LogP contribution in [0.2, 0.25) is 0 Å². The number of nitrogens with two attached hydrogens (primary N) is 1. The molecule has 0 aliphatic carbocycles. The van der Waals surface area contributed by atoms with Gasteiger partial charge < -0.3 is 15.4 Å². The normalized spacial score (nSPS) is 15.1. The zero-order chi connectivity index (χ0) is 11.0. The molecule has 1 unspecified atom stereocenters. The van der Waals surface area contributed by atoms with Gasteiger partial charge in [-0.15, -0.1) is 0 Å². The number of nitriles is 1. The molecule has 0 aromatic heterocycles. The first-order chi connectivity index (χ1) is 6.55. The van der Waals surface area contributed by atoms with Gasteiger partial charge in [0.05, 0.1) is 12.7 Å². The Kier molecular flexibility index (Phi) is 6.46. The van der Waals surface area contributed by atoms with Crippen molar-refractivity contribution < 1.29 is 4.74 Å². The Hall–Kier alpha value is -0.630. The van der Waals surface area contributed by atoms with Crippen molar-refractivity contribution in [1.82, 2.24) is 4.90 Å². The maximum absolute atomic E-state index is 8.74. The predicted octanol–water partition coefficient (Wildman–Crippen LogP) is 0.586. The average molecular weight is 199 g/mol. The van der Waals surface area contributed by atoms with E-state index in [0.29, 0.717) is 6.42 Å². The van der Waals surface area contributed by atoms with Crippen molar-refractivity contribution in [2.45, 2.75) is 25.8 Å². The van der Waals surface area contributed by atoms with E-state index in [-0.39, 0.29) is 0 Å². The zero-order valence-corrected chi connectivity index (χ0v) is 9.42. The summed E-state index contributed by atoms with van der Waals surface area (Å²) in [5, 5.41) is 8.74. The third kappa shape index (κ3) is 5.92. The number of likely N-dealkylation sites (N-methyl/N-ethyl adjacent to an activating group) is 1. The van der Waals surface area contributed by atoms with Gasteiger partial charge in [-0.2, -0.15) is 5.26 Å². The summed E-state index contributed by atoms with van der Waals surface area (Å²) in [4.78, 5) is 2.23. The Labute approximate surface area is 86.6 Å². The summed E-state index contributed by atoms with van der Waals surface area (Å²) in [6, 6.07) is 2.10. The smallest absolute Gasteiger partial charge is 0.102 e. The van der Waals surface area contributed by atoms with Gasteiger partial charge in [0, 0.05) is 20.2 Å². The summed E-state index contributed by atoms with van der Waals surface area (Å²) < 4.78 is 4.99. The van der Waals surface area contributed by atoms with Gasteiger partial charge in [0.25, 0.3) is 0 Å². The Bertz CT molecular complexity index is 186. The van der Waals surface area contributed by atoms with E-state index < -0.39 is 5.54 Å². The summed E-state index contributed by atoms with van der Waals surface area (Å²) in [6.45, 7) is 7.29. The Morgan fingerprint density at radius 2 is 2.14 bits per heavy atom. The molecule has 0 fully saturated rings.